The van der Waals surface area contributed by atoms with Crippen LogP contribution in [0.5, 0.6) is 0 Å². The number of fused-ring (bicyclic) bond motifs is 3. The second kappa shape index (κ2) is 9.79. The molecule has 2 aromatic carbocycles. The molecule has 0 spiro atoms. The van der Waals surface area contributed by atoms with Gasteiger partial charge in [-0.05, 0) is 47.9 Å². The number of rotatable bonds is 7. The summed E-state index contributed by atoms with van der Waals surface area (Å²) in [7, 11) is 0. The molecule has 0 unspecified atom stereocenters. The van der Waals surface area contributed by atoms with Crippen LogP contribution in [-0.4, -0.2) is 48.2 Å². The zero-order valence-corrected chi connectivity index (χ0v) is 18.4. The Balaban J connectivity index is 1.24. The Bertz CT molecular complexity index is 1040. The molecule has 0 heterocycles. The topological polar surface area (TPSA) is 105 Å². The summed E-state index contributed by atoms with van der Waals surface area (Å²) in [5.41, 5.74) is 4.53. The second-order valence-electron chi connectivity index (χ2n) is 8.75. The van der Waals surface area contributed by atoms with Crippen LogP contribution < -0.4 is 10.6 Å². The minimum Gasteiger partial charge on any atom is -0.477 e. The van der Waals surface area contributed by atoms with Crippen molar-refractivity contribution in [2.75, 3.05) is 13.2 Å². The van der Waals surface area contributed by atoms with E-state index in [1.165, 1.54) is 0 Å². The van der Waals surface area contributed by atoms with Crippen molar-refractivity contribution in [1.82, 2.24) is 10.6 Å². The number of alkyl halides is 2. The predicted molar refractivity (Wildman–Crippen MR) is 120 cm³/mol. The van der Waals surface area contributed by atoms with Gasteiger partial charge in [0.1, 0.15) is 6.61 Å². The minimum atomic E-state index is -4.00. The highest BCUT2D eigenvalue weighted by atomic mass is 19.3. The number of carbonyl (C=O) groups excluding carboxylic acids is 2. The highest BCUT2D eigenvalue weighted by molar-refractivity contribution is 5.81. The van der Waals surface area contributed by atoms with Gasteiger partial charge in [-0.25, -0.2) is 9.59 Å². The molecule has 2 amide bonds. The summed E-state index contributed by atoms with van der Waals surface area (Å²) in [6.07, 6.45) is 1.27. The van der Waals surface area contributed by atoms with Gasteiger partial charge in [0.15, 0.2) is 0 Å². The van der Waals surface area contributed by atoms with E-state index in [9.17, 15) is 23.2 Å². The number of amides is 2. The number of aliphatic carboxylic acids is 1. The molecule has 4 rings (SSSR count). The van der Waals surface area contributed by atoms with Crippen LogP contribution >= 0.6 is 0 Å². The molecular weight excluding hydrogens is 446 g/mol. The fraction of sp³-hybridized carbons (Fsp3) is 0.400. The van der Waals surface area contributed by atoms with Crippen LogP contribution in [0.2, 0.25) is 0 Å². The SMILES string of the molecule is O=C(NC1CCC(C(=O)NCC(F)(F)C(=O)O)CC1)OCC1c2ccccc2-c2ccccc21. The summed E-state index contributed by atoms with van der Waals surface area (Å²) >= 11 is 0. The van der Waals surface area contributed by atoms with Crippen LogP contribution in [0.4, 0.5) is 13.6 Å². The minimum absolute atomic E-state index is 0.0403. The molecule has 3 N–H and O–H groups in total. The molecule has 180 valence electrons. The average Bonchev–Trinajstić information content (AvgIpc) is 3.15. The van der Waals surface area contributed by atoms with Crippen LogP contribution in [-0.2, 0) is 14.3 Å². The highest BCUT2D eigenvalue weighted by Gasteiger charge is 2.40. The van der Waals surface area contributed by atoms with Crippen molar-refractivity contribution in [3.8, 4) is 11.1 Å². The number of halogens is 2. The van der Waals surface area contributed by atoms with Gasteiger partial charge < -0.3 is 20.5 Å². The number of ether oxygens (including phenoxy) is 1. The first-order chi connectivity index (χ1) is 16.3. The molecule has 2 aromatic rings. The zero-order chi connectivity index (χ0) is 24.3. The van der Waals surface area contributed by atoms with Crippen LogP contribution in [0.15, 0.2) is 48.5 Å². The Morgan fingerprint density at radius 2 is 1.50 bits per heavy atom. The number of hydrogen-bond acceptors (Lipinski definition) is 4. The molecular formula is C25H26F2N2O5. The van der Waals surface area contributed by atoms with Crippen molar-refractivity contribution < 1.29 is 33.0 Å². The van der Waals surface area contributed by atoms with Crippen LogP contribution in [0.3, 0.4) is 0 Å². The van der Waals surface area contributed by atoms with Gasteiger partial charge >= 0.3 is 18.0 Å². The summed E-state index contributed by atoms with van der Waals surface area (Å²) in [5.74, 6) is -7.41. The Morgan fingerprint density at radius 3 is 2.06 bits per heavy atom. The first-order valence-electron chi connectivity index (χ1n) is 11.3. The van der Waals surface area contributed by atoms with Crippen molar-refractivity contribution in [3.05, 3.63) is 59.7 Å². The summed E-state index contributed by atoms with van der Waals surface area (Å²) < 4.78 is 31.9. The van der Waals surface area contributed by atoms with E-state index in [-0.39, 0.29) is 18.6 Å². The van der Waals surface area contributed by atoms with Crippen LogP contribution in [0.25, 0.3) is 11.1 Å². The van der Waals surface area contributed by atoms with E-state index in [4.69, 9.17) is 9.84 Å². The average molecular weight is 472 g/mol. The lowest BCUT2D eigenvalue weighted by atomic mass is 9.85. The van der Waals surface area contributed by atoms with Gasteiger partial charge in [-0.3, -0.25) is 4.79 Å². The van der Waals surface area contributed by atoms with Crippen molar-refractivity contribution >= 4 is 18.0 Å². The van der Waals surface area contributed by atoms with E-state index >= 15 is 0 Å². The Labute approximate surface area is 195 Å². The van der Waals surface area contributed by atoms with Crippen LogP contribution in [0.1, 0.15) is 42.7 Å². The van der Waals surface area contributed by atoms with Gasteiger partial charge in [0.25, 0.3) is 0 Å². The first-order valence-corrected chi connectivity index (χ1v) is 11.3. The van der Waals surface area contributed by atoms with Crippen molar-refractivity contribution in [3.63, 3.8) is 0 Å². The molecule has 0 aliphatic heterocycles. The van der Waals surface area contributed by atoms with Gasteiger partial charge in [-0.2, -0.15) is 8.78 Å². The Kier molecular flexibility index (Phi) is 6.81. The summed E-state index contributed by atoms with van der Waals surface area (Å²) in [5, 5.41) is 13.3. The van der Waals surface area contributed by atoms with Gasteiger partial charge in [-0.1, -0.05) is 48.5 Å². The molecule has 0 radical (unpaired) electrons. The van der Waals surface area contributed by atoms with Crippen LogP contribution in [0, 0.1) is 5.92 Å². The van der Waals surface area contributed by atoms with Gasteiger partial charge in [0.2, 0.25) is 5.91 Å². The number of carboxylic acid groups (broad SMARTS) is 1. The number of benzene rings is 2. The van der Waals surface area contributed by atoms with Crippen molar-refractivity contribution in [2.45, 2.75) is 43.6 Å². The molecule has 0 atom stereocenters. The lowest BCUT2D eigenvalue weighted by molar-refractivity contribution is -0.164. The fourth-order valence-electron chi connectivity index (χ4n) is 4.72. The highest BCUT2D eigenvalue weighted by Crippen LogP contribution is 2.44. The lowest BCUT2D eigenvalue weighted by Gasteiger charge is -2.28. The third kappa shape index (κ3) is 5.03. The molecule has 0 bridgehead atoms. The largest absolute Gasteiger partial charge is 0.477 e. The number of nitrogens with one attached hydrogen (secondary N) is 2. The molecule has 34 heavy (non-hydrogen) atoms. The van der Waals surface area contributed by atoms with Gasteiger partial charge in [-0.15, -0.1) is 0 Å². The molecule has 7 nitrogen and oxygen atoms in total. The van der Waals surface area contributed by atoms with E-state index in [1.807, 2.05) is 41.7 Å². The number of alkyl carbamates (subject to hydrolysis) is 1. The monoisotopic (exact) mass is 472 g/mol. The van der Waals surface area contributed by atoms with Gasteiger partial charge in [0, 0.05) is 17.9 Å². The van der Waals surface area contributed by atoms with E-state index in [2.05, 4.69) is 17.4 Å². The lowest BCUT2D eigenvalue weighted by Crippen LogP contribution is -2.46. The second-order valence-corrected chi connectivity index (χ2v) is 8.75. The van der Waals surface area contributed by atoms with Crippen molar-refractivity contribution in [2.24, 2.45) is 5.92 Å². The molecule has 9 heteroatoms. The molecule has 1 saturated carbocycles. The van der Waals surface area contributed by atoms with E-state index in [0.29, 0.717) is 25.7 Å². The molecule has 2 aliphatic rings. The summed E-state index contributed by atoms with van der Waals surface area (Å²) in [4.78, 5) is 35.0. The Morgan fingerprint density at radius 1 is 0.941 bits per heavy atom. The van der Waals surface area contributed by atoms with Gasteiger partial charge in [0.05, 0.1) is 6.54 Å². The normalized spacial score (nSPS) is 19.6. The standard InChI is InChI=1S/C25H26F2N2O5/c26-25(27,23(31)32)14-28-22(30)15-9-11-16(12-10-15)29-24(33)34-13-21-19-7-3-1-5-17(19)18-6-2-4-8-20(18)21/h1-8,15-16,21H,9-14H2,(H,28,30)(H,29,33)(H,31,32). The maximum absolute atomic E-state index is 13.2. The number of carboxylic acids is 1. The molecule has 2 aliphatic carbocycles. The van der Waals surface area contributed by atoms with E-state index < -0.39 is 36.4 Å². The van der Waals surface area contributed by atoms with Crippen molar-refractivity contribution in [1.29, 1.82) is 0 Å². The first kappa shape index (κ1) is 23.7. The van der Waals surface area contributed by atoms with E-state index in [1.54, 1.807) is 0 Å². The maximum atomic E-state index is 13.2. The Hall–Kier alpha value is -3.49. The summed E-state index contributed by atoms with van der Waals surface area (Å²) in [6.45, 7) is -1.03. The molecule has 1 fully saturated rings. The quantitative estimate of drug-likeness (QED) is 0.567. The number of hydrogen-bond donors (Lipinski definition) is 3. The fourth-order valence-corrected chi connectivity index (χ4v) is 4.72. The molecule has 0 aromatic heterocycles. The number of carbonyl (C=O) groups is 3. The molecule has 0 saturated heterocycles. The third-order valence-corrected chi connectivity index (χ3v) is 6.56. The third-order valence-electron chi connectivity index (χ3n) is 6.56. The smallest absolute Gasteiger partial charge is 0.407 e. The predicted octanol–water partition coefficient (Wildman–Crippen LogP) is 3.92. The maximum Gasteiger partial charge on any atom is 0.407 e. The van der Waals surface area contributed by atoms with E-state index in [0.717, 1.165) is 22.3 Å². The zero-order valence-electron chi connectivity index (χ0n) is 18.4. The summed E-state index contributed by atoms with van der Waals surface area (Å²) in [6, 6.07) is 15.9.